The fourth-order valence-corrected chi connectivity index (χ4v) is 2.16. The molecule has 0 aromatic heterocycles. The Bertz CT molecular complexity index is 953. The number of nitrogens with zero attached hydrogens (tertiary/aromatic N) is 3. The van der Waals surface area contributed by atoms with Gasteiger partial charge in [0.2, 0.25) is 5.71 Å². The minimum Gasteiger partial charge on any atom is -0.449 e. The maximum atomic E-state index is 14.0. The lowest BCUT2D eigenvalue weighted by Crippen LogP contribution is -2.07. The van der Waals surface area contributed by atoms with Gasteiger partial charge in [0.1, 0.15) is 12.1 Å². The molecule has 0 bridgehead atoms. The minimum absolute atomic E-state index is 0.00827. The van der Waals surface area contributed by atoms with Crippen LogP contribution in [-0.4, -0.2) is 5.71 Å². The molecule has 1 N–H and O–H groups in total. The Morgan fingerprint density at radius 1 is 1.07 bits per heavy atom. The van der Waals surface area contributed by atoms with Crippen LogP contribution in [0.1, 0.15) is 5.56 Å². The van der Waals surface area contributed by atoms with Gasteiger partial charge in [0, 0.05) is 4.47 Å². The molecule has 0 atom stereocenters. The molecule has 0 aliphatic rings. The lowest BCUT2D eigenvalue weighted by Gasteiger charge is -2.14. The molecule has 0 aliphatic carbocycles. The van der Waals surface area contributed by atoms with E-state index in [4.69, 9.17) is 15.3 Å². The van der Waals surface area contributed by atoms with Crippen molar-refractivity contribution in [2.75, 3.05) is 5.43 Å². The van der Waals surface area contributed by atoms with E-state index in [9.17, 15) is 22.0 Å². The third-order valence-corrected chi connectivity index (χ3v) is 3.47. The number of nitriles is 2. The third-order valence-electron chi connectivity index (χ3n) is 2.98. The van der Waals surface area contributed by atoms with E-state index in [1.54, 1.807) is 0 Å². The van der Waals surface area contributed by atoms with Crippen LogP contribution in [0.2, 0.25) is 0 Å². The van der Waals surface area contributed by atoms with Crippen LogP contribution in [0.25, 0.3) is 0 Å². The van der Waals surface area contributed by atoms with E-state index in [2.05, 4.69) is 26.5 Å². The molecule has 2 aromatic carbocycles. The quantitative estimate of drug-likeness (QED) is 0.391. The Balaban J connectivity index is 2.43. The SMILES string of the molecule is N#CC(C#N)=NNc1cc(Br)ccc1Oc1c(F)cc(C(F)(F)F)cc1F. The monoisotopic (exact) mass is 444 g/mol. The number of benzene rings is 2. The molecule has 0 fully saturated rings. The number of nitrogens with one attached hydrogen (secondary N) is 1. The zero-order valence-corrected chi connectivity index (χ0v) is 14.5. The van der Waals surface area contributed by atoms with Gasteiger partial charge in [-0.05, 0) is 30.3 Å². The second-order valence-corrected chi connectivity index (χ2v) is 5.72. The van der Waals surface area contributed by atoms with Gasteiger partial charge < -0.3 is 4.74 Å². The molecule has 5 nitrogen and oxygen atoms in total. The molecule has 2 aromatic rings. The number of anilines is 1. The van der Waals surface area contributed by atoms with Crippen molar-refractivity contribution in [2.45, 2.75) is 6.18 Å². The van der Waals surface area contributed by atoms with E-state index in [1.807, 2.05) is 0 Å². The number of ether oxygens (including phenoxy) is 1. The lowest BCUT2D eigenvalue weighted by atomic mass is 10.2. The predicted molar refractivity (Wildman–Crippen MR) is 87.9 cm³/mol. The highest BCUT2D eigenvalue weighted by molar-refractivity contribution is 9.10. The summed E-state index contributed by atoms with van der Waals surface area (Å²) in [6, 6.07) is 7.22. The Morgan fingerprint density at radius 2 is 1.67 bits per heavy atom. The first-order chi connectivity index (χ1) is 12.7. The van der Waals surface area contributed by atoms with Crippen molar-refractivity contribution >= 4 is 27.3 Å². The summed E-state index contributed by atoms with van der Waals surface area (Å²) >= 11 is 3.14. The van der Waals surface area contributed by atoms with Gasteiger partial charge >= 0.3 is 6.18 Å². The Morgan fingerprint density at radius 3 is 2.19 bits per heavy atom. The van der Waals surface area contributed by atoms with Crippen LogP contribution >= 0.6 is 15.9 Å². The summed E-state index contributed by atoms with van der Waals surface area (Å²) in [5.41, 5.74) is 0.268. The highest BCUT2D eigenvalue weighted by atomic mass is 79.9. The number of hydrogen-bond donors (Lipinski definition) is 1. The molecule has 11 heteroatoms. The molecule has 0 saturated carbocycles. The van der Waals surface area contributed by atoms with Crippen molar-refractivity contribution in [3.63, 3.8) is 0 Å². The first-order valence-corrected chi connectivity index (χ1v) is 7.62. The summed E-state index contributed by atoms with van der Waals surface area (Å²) in [5.74, 6) is -4.39. The van der Waals surface area contributed by atoms with Crippen LogP contribution < -0.4 is 10.2 Å². The number of alkyl halides is 3. The van der Waals surface area contributed by atoms with Crippen molar-refractivity contribution < 1.29 is 26.7 Å². The number of halogens is 6. The van der Waals surface area contributed by atoms with Gasteiger partial charge in [-0.3, -0.25) is 5.43 Å². The summed E-state index contributed by atoms with van der Waals surface area (Å²) < 4.78 is 71.3. The number of hydrazone groups is 1. The first kappa shape index (κ1) is 20.1. The van der Waals surface area contributed by atoms with Gasteiger partial charge in [-0.1, -0.05) is 15.9 Å². The molecule has 0 spiro atoms. The minimum atomic E-state index is -4.93. The maximum Gasteiger partial charge on any atom is 0.416 e. The fourth-order valence-electron chi connectivity index (χ4n) is 1.80. The van der Waals surface area contributed by atoms with Crippen molar-refractivity contribution in [3.8, 4) is 23.6 Å². The molecular formula is C16H6BrF5N4O. The average molecular weight is 445 g/mol. The van der Waals surface area contributed by atoms with Crippen molar-refractivity contribution in [1.29, 1.82) is 10.5 Å². The zero-order valence-electron chi connectivity index (χ0n) is 12.9. The summed E-state index contributed by atoms with van der Waals surface area (Å²) in [5, 5.41) is 20.8. The van der Waals surface area contributed by atoms with E-state index < -0.39 is 34.8 Å². The molecular weight excluding hydrogens is 439 g/mol. The second kappa shape index (κ2) is 8.01. The highest BCUT2D eigenvalue weighted by Gasteiger charge is 2.33. The van der Waals surface area contributed by atoms with Gasteiger partial charge in [0.25, 0.3) is 0 Å². The molecule has 0 saturated heterocycles. The van der Waals surface area contributed by atoms with E-state index in [0.29, 0.717) is 4.47 Å². The van der Waals surface area contributed by atoms with Gasteiger partial charge in [-0.2, -0.15) is 28.8 Å². The van der Waals surface area contributed by atoms with Crippen LogP contribution in [0.15, 0.2) is 39.9 Å². The molecule has 27 heavy (non-hydrogen) atoms. The lowest BCUT2D eigenvalue weighted by molar-refractivity contribution is -0.138. The predicted octanol–water partition coefficient (Wildman–Crippen LogP) is 5.35. The summed E-state index contributed by atoms with van der Waals surface area (Å²) in [7, 11) is 0. The highest BCUT2D eigenvalue weighted by Crippen LogP contribution is 2.38. The smallest absolute Gasteiger partial charge is 0.416 e. The standard InChI is InChI=1S/C16H6BrF5N4O/c17-9-1-2-14(13(5-9)26-25-10(6-23)7-24)27-15-11(18)3-8(4-12(15)19)16(20,21)22/h1-5,26H. The first-order valence-electron chi connectivity index (χ1n) is 6.83. The fraction of sp³-hybridized carbons (Fsp3) is 0.0625. The third kappa shape index (κ3) is 4.92. The maximum absolute atomic E-state index is 14.0. The Kier molecular flexibility index (Phi) is 5.98. The molecule has 0 unspecified atom stereocenters. The van der Waals surface area contributed by atoms with E-state index >= 15 is 0 Å². The van der Waals surface area contributed by atoms with Crippen molar-refractivity contribution in [1.82, 2.24) is 0 Å². The summed E-state index contributed by atoms with van der Waals surface area (Å²) in [6.07, 6.45) is -4.93. The van der Waals surface area contributed by atoms with Gasteiger partial charge in [-0.25, -0.2) is 8.78 Å². The van der Waals surface area contributed by atoms with Gasteiger partial charge in [0.05, 0.1) is 11.3 Å². The van der Waals surface area contributed by atoms with Crippen molar-refractivity contribution in [2.24, 2.45) is 5.10 Å². The van der Waals surface area contributed by atoms with Gasteiger partial charge in [0.15, 0.2) is 23.1 Å². The average Bonchev–Trinajstić information content (AvgIpc) is 2.59. The summed E-state index contributed by atoms with van der Waals surface area (Å²) in [4.78, 5) is 0. The molecule has 2 rings (SSSR count). The second-order valence-electron chi connectivity index (χ2n) is 4.81. The van der Waals surface area contributed by atoms with Crippen LogP contribution in [0.5, 0.6) is 11.5 Å². The number of rotatable bonds is 4. The largest absolute Gasteiger partial charge is 0.449 e. The summed E-state index contributed by atoms with van der Waals surface area (Å²) in [6.45, 7) is 0. The van der Waals surface area contributed by atoms with Crippen LogP contribution in [0.4, 0.5) is 27.6 Å². The normalized spacial score (nSPS) is 10.5. The Hall–Kier alpha value is -3.18. The molecule has 138 valence electrons. The van der Waals surface area contributed by atoms with Crippen LogP contribution in [-0.2, 0) is 6.18 Å². The topological polar surface area (TPSA) is 81.2 Å². The Labute approximate surface area is 157 Å². The van der Waals surface area contributed by atoms with E-state index in [-0.39, 0.29) is 23.6 Å². The van der Waals surface area contributed by atoms with E-state index in [0.717, 1.165) is 0 Å². The zero-order chi connectivity index (χ0) is 20.2. The molecule has 0 radical (unpaired) electrons. The van der Waals surface area contributed by atoms with E-state index in [1.165, 1.54) is 30.3 Å². The number of hydrogen-bond acceptors (Lipinski definition) is 5. The van der Waals surface area contributed by atoms with Crippen LogP contribution in [0.3, 0.4) is 0 Å². The van der Waals surface area contributed by atoms with Crippen LogP contribution in [0, 0.1) is 34.3 Å². The molecule has 0 aliphatic heterocycles. The van der Waals surface area contributed by atoms with Crippen molar-refractivity contribution in [3.05, 3.63) is 52.0 Å². The van der Waals surface area contributed by atoms with Gasteiger partial charge in [-0.15, -0.1) is 0 Å². The molecule has 0 heterocycles. The molecule has 0 amide bonds.